The van der Waals surface area contributed by atoms with Gasteiger partial charge in [-0.05, 0) is 23.8 Å². The molecule has 4 nitrogen and oxygen atoms in total. The molecule has 2 N–H and O–H groups in total. The molecule has 0 aliphatic carbocycles. The summed E-state index contributed by atoms with van der Waals surface area (Å²) < 4.78 is 0. The van der Waals surface area contributed by atoms with Crippen molar-refractivity contribution in [3.8, 4) is 5.75 Å². The number of phenols is 1. The van der Waals surface area contributed by atoms with Gasteiger partial charge in [-0.3, -0.25) is 4.79 Å². The third kappa shape index (κ3) is 3.68. The maximum atomic E-state index is 11.8. The van der Waals surface area contributed by atoms with Crippen LogP contribution in [-0.2, 0) is 0 Å². The fourth-order valence-corrected chi connectivity index (χ4v) is 1.76. The number of carbonyl (C=O) groups excluding carboxylic acids is 1. The first-order valence-electron chi connectivity index (χ1n) is 6.34. The van der Waals surface area contributed by atoms with E-state index in [1.807, 2.05) is 37.3 Å². The van der Waals surface area contributed by atoms with Crippen molar-refractivity contribution in [2.24, 2.45) is 5.10 Å². The molecule has 0 unspecified atom stereocenters. The highest BCUT2D eigenvalue weighted by molar-refractivity contribution is 5.94. The van der Waals surface area contributed by atoms with Crippen LogP contribution in [0, 0.1) is 0 Å². The van der Waals surface area contributed by atoms with Gasteiger partial charge in [0.2, 0.25) is 0 Å². The Morgan fingerprint density at radius 3 is 2.65 bits per heavy atom. The zero-order chi connectivity index (χ0) is 14.4. The largest absolute Gasteiger partial charge is 0.508 e. The van der Waals surface area contributed by atoms with Crippen molar-refractivity contribution in [3.63, 3.8) is 0 Å². The lowest BCUT2D eigenvalue weighted by molar-refractivity contribution is 0.0954. The van der Waals surface area contributed by atoms with Gasteiger partial charge >= 0.3 is 0 Å². The second-order valence-electron chi connectivity index (χ2n) is 4.47. The lowest BCUT2D eigenvalue weighted by Gasteiger charge is -2.05. The number of rotatable bonds is 4. The van der Waals surface area contributed by atoms with Gasteiger partial charge in [-0.1, -0.05) is 43.3 Å². The Morgan fingerprint density at radius 2 is 1.95 bits per heavy atom. The molecule has 0 saturated carbocycles. The van der Waals surface area contributed by atoms with Crippen molar-refractivity contribution < 1.29 is 9.90 Å². The second-order valence-corrected chi connectivity index (χ2v) is 4.47. The molecule has 0 radical (unpaired) electrons. The molecule has 1 amide bonds. The van der Waals surface area contributed by atoms with Gasteiger partial charge in [0.05, 0.1) is 0 Å². The number of hydrogen-bond acceptors (Lipinski definition) is 3. The summed E-state index contributed by atoms with van der Waals surface area (Å²) in [5.74, 6) is -0.183. The quantitative estimate of drug-likeness (QED) is 0.661. The monoisotopic (exact) mass is 268 g/mol. The molecule has 2 aromatic rings. The summed E-state index contributed by atoms with van der Waals surface area (Å²) in [5.41, 5.74) is 3.94. The third-order valence-electron chi connectivity index (χ3n) is 2.90. The van der Waals surface area contributed by atoms with Gasteiger partial charge in [0.25, 0.3) is 5.91 Å². The maximum Gasteiger partial charge on any atom is 0.271 e. The van der Waals surface area contributed by atoms with Crippen LogP contribution in [0.25, 0.3) is 0 Å². The average Bonchev–Trinajstić information content (AvgIpc) is 2.48. The van der Waals surface area contributed by atoms with E-state index in [2.05, 4.69) is 10.5 Å². The highest BCUT2D eigenvalue weighted by Gasteiger charge is 2.05. The predicted octanol–water partition coefficient (Wildman–Crippen LogP) is 2.91. The van der Waals surface area contributed by atoms with Crippen molar-refractivity contribution in [2.45, 2.75) is 12.8 Å². The summed E-state index contributed by atoms with van der Waals surface area (Å²) in [6.07, 6.45) is 1.68. The second kappa shape index (κ2) is 6.52. The third-order valence-corrected chi connectivity index (χ3v) is 2.90. The molecule has 0 bridgehead atoms. The van der Waals surface area contributed by atoms with E-state index in [4.69, 9.17) is 0 Å². The van der Waals surface area contributed by atoms with E-state index < -0.39 is 0 Å². The number of carbonyl (C=O) groups is 1. The van der Waals surface area contributed by atoms with Gasteiger partial charge in [0.15, 0.2) is 0 Å². The molecule has 0 aromatic heterocycles. The molecule has 0 fully saturated rings. The first kappa shape index (κ1) is 13.8. The van der Waals surface area contributed by atoms with Gasteiger partial charge in [-0.15, -0.1) is 0 Å². The topological polar surface area (TPSA) is 61.7 Å². The summed E-state index contributed by atoms with van der Waals surface area (Å²) in [6, 6.07) is 16.0. The van der Waals surface area contributed by atoms with Crippen LogP contribution in [0.4, 0.5) is 0 Å². The Hall–Kier alpha value is -2.62. The number of hydrazone groups is 1. The van der Waals surface area contributed by atoms with Crippen molar-refractivity contribution in [3.05, 3.63) is 65.7 Å². The molecule has 4 heteroatoms. The number of nitrogens with zero attached hydrogens (tertiary/aromatic N) is 1. The highest BCUT2D eigenvalue weighted by Crippen LogP contribution is 2.12. The molecule has 0 spiro atoms. The maximum absolute atomic E-state index is 11.8. The van der Waals surface area contributed by atoms with Crippen LogP contribution in [0.1, 0.15) is 28.8 Å². The Labute approximate surface area is 117 Å². The number of nitrogens with one attached hydrogen (secondary N) is 1. The van der Waals surface area contributed by atoms with E-state index in [0.29, 0.717) is 5.56 Å². The van der Waals surface area contributed by atoms with Crippen LogP contribution >= 0.6 is 0 Å². The summed E-state index contributed by atoms with van der Waals surface area (Å²) in [6.45, 7) is 2.00. The number of amides is 1. The number of phenolic OH excluding ortho intramolecular Hbond substituents is 1. The van der Waals surface area contributed by atoms with E-state index in [0.717, 1.165) is 5.56 Å². The summed E-state index contributed by atoms with van der Waals surface area (Å²) in [7, 11) is 0. The lowest BCUT2D eigenvalue weighted by atomic mass is 10.0. The summed E-state index contributed by atoms with van der Waals surface area (Å²) in [5, 5.41) is 13.3. The van der Waals surface area contributed by atoms with Gasteiger partial charge in [-0.25, -0.2) is 5.43 Å². The smallest absolute Gasteiger partial charge is 0.271 e. The zero-order valence-corrected chi connectivity index (χ0v) is 11.2. The Kier molecular flexibility index (Phi) is 4.50. The van der Waals surface area contributed by atoms with E-state index in [-0.39, 0.29) is 17.6 Å². The van der Waals surface area contributed by atoms with Crippen LogP contribution in [0.3, 0.4) is 0 Å². The standard InChI is InChI=1S/C16H16N2O2/c1-12(13-6-3-2-4-7-13)11-17-18-16(20)14-8-5-9-15(19)10-14/h2-12,19H,1H3,(H,18,20)/b17-11-/t12-/m1/s1. The van der Waals surface area contributed by atoms with E-state index in [1.165, 1.54) is 12.1 Å². The Morgan fingerprint density at radius 1 is 1.20 bits per heavy atom. The SMILES string of the molecule is C[C@H](/C=N\NC(=O)c1cccc(O)c1)c1ccccc1. The fraction of sp³-hybridized carbons (Fsp3) is 0.125. The normalized spacial score (nSPS) is 12.2. The number of aromatic hydroxyl groups is 1. The minimum absolute atomic E-state index is 0.0549. The van der Waals surface area contributed by atoms with Gasteiger partial charge in [0, 0.05) is 17.7 Å². The van der Waals surface area contributed by atoms with Crippen LogP contribution in [0.5, 0.6) is 5.75 Å². The van der Waals surface area contributed by atoms with Gasteiger partial charge < -0.3 is 5.11 Å². The Balaban J connectivity index is 1.95. The van der Waals surface area contributed by atoms with Crippen LogP contribution in [0.15, 0.2) is 59.7 Å². The average molecular weight is 268 g/mol. The molecule has 1 atom stereocenters. The molecule has 102 valence electrons. The van der Waals surface area contributed by atoms with Crippen LogP contribution in [0.2, 0.25) is 0 Å². The minimum atomic E-state index is -0.350. The van der Waals surface area contributed by atoms with Crippen molar-refractivity contribution in [1.29, 1.82) is 0 Å². The first-order chi connectivity index (χ1) is 9.66. The van der Waals surface area contributed by atoms with Gasteiger partial charge in [0.1, 0.15) is 5.75 Å². The minimum Gasteiger partial charge on any atom is -0.508 e. The molecule has 20 heavy (non-hydrogen) atoms. The zero-order valence-electron chi connectivity index (χ0n) is 11.2. The Bertz CT molecular complexity index is 609. The molecule has 0 aliphatic heterocycles. The molecule has 0 heterocycles. The van der Waals surface area contributed by atoms with E-state index in [9.17, 15) is 9.90 Å². The first-order valence-corrected chi connectivity index (χ1v) is 6.34. The van der Waals surface area contributed by atoms with E-state index in [1.54, 1.807) is 18.3 Å². The lowest BCUT2D eigenvalue weighted by Crippen LogP contribution is -2.17. The van der Waals surface area contributed by atoms with Crippen LogP contribution in [-0.4, -0.2) is 17.2 Å². The van der Waals surface area contributed by atoms with Gasteiger partial charge in [-0.2, -0.15) is 5.10 Å². The van der Waals surface area contributed by atoms with Crippen molar-refractivity contribution in [1.82, 2.24) is 5.43 Å². The van der Waals surface area contributed by atoms with E-state index >= 15 is 0 Å². The molecular formula is C16H16N2O2. The molecule has 2 rings (SSSR count). The van der Waals surface area contributed by atoms with Crippen LogP contribution < -0.4 is 5.43 Å². The molecule has 0 saturated heterocycles. The molecular weight excluding hydrogens is 252 g/mol. The molecule has 0 aliphatic rings. The highest BCUT2D eigenvalue weighted by atomic mass is 16.3. The number of benzene rings is 2. The summed E-state index contributed by atoms with van der Waals surface area (Å²) in [4.78, 5) is 11.8. The van der Waals surface area contributed by atoms with Crippen molar-refractivity contribution in [2.75, 3.05) is 0 Å². The number of hydrogen-bond donors (Lipinski definition) is 2. The predicted molar refractivity (Wildman–Crippen MR) is 78.9 cm³/mol. The summed E-state index contributed by atoms with van der Waals surface area (Å²) >= 11 is 0. The molecule has 2 aromatic carbocycles. The van der Waals surface area contributed by atoms with Crippen molar-refractivity contribution >= 4 is 12.1 Å². The fourth-order valence-electron chi connectivity index (χ4n) is 1.76.